The molecule has 5 nitrogen and oxygen atoms in total. The molecular weight excluding hydrogens is 464 g/mol. The molecule has 1 heterocycles. The molecule has 0 aliphatic carbocycles. The van der Waals surface area contributed by atoms with Crippen LogP contribution >= 0.6 is 23.2 Å². The molecule has 33 heavy (non-hydrogen) atoms. The minimum absolute atomic E-state index is 0.157. The molecule has 0 atom stereocenters. The van der Waals surface area contributed by atoms with Gasteiger partial charge in [0.15, 0.2) is 5.82 Å². The van der Waals surface area contributed by atoms with Crippen molar-refractivity contribution >= 4 is 34.9 Å². The van der Waals surface area contributed by atoms with Crippen LogP contribution in [0.5, 0.6) is 5.75 Å². The first-order valence-electron chi connectivity index (χ1n) is 10.1. The van der Waals surface area contributed by atoms with Gasteiger partial charge in [-0.25, -0.2) is 4.39 Å². The zero-order chi connectivity index (χ0) is 23.4. The van der Waals surface area contributed by atoms with Crippen molar-refractivity contribution < 1.29 is 13.9 Å². The Labute approximate surface area is 200 Å². The summed E-state index contributed by atoms with van der Waals surface area (Å²) in [5.41, 5.74) is 2.41. The Kier molecular flexibility index (Phi) is 6.96. The fourth-order valence-electron chi connectivity index (χ4n) is 3.25. The van der Waals surface area contributed by atoms with Crippen molar-refractivity contribution in [3.63, 3.8) is 0 Å². The van der Waals surface area contributed by atoms with Crippen LogP contribution in [0.4, 0.5) is 10.2 Å². The minimum Gasteiger partial charge on any atom is -0.489 e. The van der Waals surface area contributed by atoms with Gasteiger partial charge >= 0.3 is 0 Å². The average Bonchev–Trinajstić information content (AvgIpc) is 3.14. The van der Waals surface area contributed by atoms with Gasteiger partial charge in [-0.3, -0.25) is 9.48 Å². The number of halogens is 3. The minimum atomic E-state index is -0.402. The van der Waals surface area contributed by atoms with E-state index in [0.29, 0.717) is 39.3 Å². The van der Waals surface area contributed by atoms with Crippen LogP contribution in [-0.4, -0.2) is 15.7 Å². The molecule has 4 aromatic rings. The maximum absolute atomic E-state index is 14.1. The predicted octanol–water partition coefficient (Wildman–Crippen LogP) is 6.52. The number of nitrogens with one attached hydrogen (secondary N) is 1. The van der Waals surface area contributed by atoms with Crippen LogP contribution < -0.4 is 10.1 Å². The molecule has 0 fully saturated rings. The van der Waals surface area contributed by atoms with Crippen molar-refractivity contribution in [2.24, 2.45) is 0 Å². The van der Waals surface area contributed by atoms with Crippen molar-refractivity contribution in [1.29, 1.82) is 0 Å². The number of hydrogen-bond acceptors (Lipinski definition) is 3. The van der Waals surface area contributed by atoms with Gasteiger partial charge in [0.05, 0.1) is 6.54 Å². The molecule has 1 amide bonds. The predicted molar refractivity (Wildman–Crippen MR) is 128 cm³/mol. The van der Waals surface area contributed by atoms with E-state index < -0.39 is 5.82 Å². The molecule has 1 N–H and O–H groups in total. The van der Waals surface area contributed by atoms with Crippen molar-refractivity contribution in [2.75, 3.05) is 5.32 Å². The summed E-state index contributed by atoms with van der Waals surface area (Å²) in [5, 5.41) is 8.13. The molecule has 0 radical (unpaired) electrons. The lowest BCUT2D eigenvalue weighted by Crippen LogP contribution is -2.13. The average molecular weight is 484 g/mol. The second-order valence-electron chi connectivity index (χ2n) is 7.43. The largest absolute Gasteiger partial charge is 0.489 e. The van der Waals surface area contributed by atoms with E-state index in [1.165, 1.54) is 6.07 Å². The Morgan fingerprint density at radius 1 is 1.06 bits per heavy atom. The second kappa shape index (κ2) is 10.1. The summed E-state index contributed by atoms with van der Waals surface area (Å²) in [4.78, 5) is 12.8. The highest BCUT2D eigenvalue weighted by Crippen LogP contribution is 2.22. The molecule has 0 saturated carbocycles. The van der Waals surface area contributed by atoms with Crippen LogP contribution in [0.2, 0.25) is 10.0 Å². The summed E-state index contributed by atoms with van der Waals surface area (Å²) in [6.07, 6.45) is 0. The first kappa shape index (κ1) is 22.8. The summed E-state index contributed by atoms with van der Waals surface area (Å²) in [7, 11) is 0. The topological polar surface area (TPSA) is 56.1 Å². The van der Waals surface area contributed by atoms with Crippen LogP contribution in [-0.2, 0) is 13.2 Å². The summed E-state index contributed by atoms with van der Waals surface area (Å²) in [6, 6.07) is 20.5. The van der Waals surface area contributed by atoms with Gasteiger partial charge in [0.2, 0.25) is 0 Å². The third kappa shape index (κ3) is 5.72. The van der Waals surface area contributed by atoms with Crippen molar-refractivity contribution in [1.82, 2.24) is 9.78 Å². The number of aryl methyl sites for hydroxylation is 1. The van der Waals surface area contributed by atoms with E-state index in [2.05, 4.69) is 10.4 Å². The summed E-state index contributed by atoms with van der Waals surface area (Å²) in [6.45, 7) is 2.29. The quantitative estimate of drug-likeness (QED) is 0.325. The Hall–Kier alpha value is -3.35. The van der Waals surface area contributed by atoms with Crippen LogP contribution in [0.3, 0.4) is 0 Å². The normalized spacial score (nSPS) is 10.8. The molecule has 0 unspecified atom stereocenters. The molecule has 1 aromatic heterocycles. The maximum atomic E-state index is 14.1. The number of carbonyl (C=O) groups is 1. The lowest BCUT2D eigenvalue weighted by molar-refractivity contribution is 0.102. The molecule has 4 rings (SSSR count). The number of aromatic nitrogens is 2. The van der Waals surface area contributed by atoms with E-state index in [1.807, 2.05) is 13.0 Å². The second-order valence-corrected chi connectivity index (χ2v) is 8.27. The number of carbonyl (C=O) groups excluding carboxylic acids is 1. The lowest BCUT2D eigenvalue weighted by atomic mass is 10.1. The molecule has 3 aromatic carbocycles. The number of benzene rings is 3. The van der Waals surface area contributed by atoms with Gasteiger partial charge in [-0.2, -0.15) is 5.10 Å². The summed E-state index contributed by atoms with van der Waals surface area (Å²) < 4.78 is 21.5. The maximum Gasteiger partial charge on any atom is 0.256 e. The summed E-state index contributed by atoms with van der Waals surface area (Å²) in [5.74, 6) is 0.343. The molecule has 8 heteroatoms. The number of hydrogen-bond donors (Lipinski definition) is 1. The van der Waals surface area contributed by atoms with Crippen LogP contribution in [0.15, 0.2) is 72.8 Å². The molecule has 0 aliphatic rings. The fraction of sp³-hybridized carbons (Fsp3) is 0.120. The van der Waals surface area contributed by atoms with E-state index >= 15 is 0 Å². The van der Waals surface area contributed by atoms with E-state index in [4.69, 9.17) is 27.9 Å². The molecular formula is C25H20Cl2FN3O2. The van der Waals surface area contributed by atoms with Crippen LogP contribution in [0.1, 0.15) is 27.2 Å². The fourth-order valence-corrected chi connectivity index (χ4v) is 3.60. The van der Waals surface area contributed by atoms with Gasteiger partial charge in [-0.15, -0.1) is 0 Å². The Morgan fingerprint density at radius 3 is 2.58 bits per heavy atom. The number of amides is 1. The highest BCUT2D eigenvalue weighted by Gasteiger charge is 2.14. The third-order valence-corrected chi connectivity index (χ3v) is 5.61. The number of anilines is 1. The molecule has 0 bridgehead atoms. The Morgan fingerprint density at radius 2 is 1.82 bits per heavy atom. The Balaban J connectivity index is 1.42. The smallest absolute Gasteiger partial charge is 0.256 e. The van der Waals surface area contributed by atoms with Crippen LogP contribution in [0, 0.1) is 12.7 Å². The van der Waals surface area contributed by atoms with Gasteiger partial charge < -0.3 is 10.1 Å². The van der Waals surface area contributed by atoms with Gasteiger partial charge in [-0.1, -0.05) is 41.4 Å². The number of ether oxygens (including phenoxy) is 1. The van der Waals surface area contributed by atoms with Gasteiger partial charge in [0.25, 0.3) is 5.91 Å². The standard InChI is InChI=1S/C25H20Cl2FN3O2/c1-16-12-24(30-31(16)14-21-22(27)6-3-7-23(21)28)29-25(32)18-5-2-4-17(13-18)15-33-20-10-8-19(26)9-11-20/h2-13H,14-15H2,1H3,(H,29,30,32). The number of rotatable bonds is 7. The zero-order valence-corrected chi connectivity index (χ0v) is 19.2. The Bertz CT molecular complexity index is 1270. The summed E-state index contributed by atoms with van der Waals surface area (Å²) >= 11 is 12.0. The zero-order valence-electron chi connectivity index (χ0n) is 17.7. The highest BCUT2D eigenvalue weighted by molar-refractivity contribution is 6.31. The van der Waals surface area contributed by atoms with E-state index in [9.17, 15) is 9.18 Å². The first-order chi connectivity index (χ1) is 15.9. The lowest BCUT2D eigenvalue weighted by Gasteiger charge is -2.08. The molecule has 0 spiro atoms. The van der Waals surface area contributed by atoms with E-state index in [0.717, 1.165) is 11.3 Å². The van der Waals surface area contributed by atoms with Gasteiger partial charge in [0, 0.05) is 32.9 Å². The first-order valence-corrected chi connectivity index (χ1v) is 10.9. The van der Waals surface area contributed by atoms with E-state index in [-0.39, 0.29) is 12.5 Å². The molecule has 168 valence electrons. The molecule has 0 aliphatic heterocycles. The van der Waals surface area contributed by atoms with Gasteiger partial charge in [0.1, 0.15) is 18.2 Å². The SMILES string of the molecule is Cc1cc(NC(=O)c2cccc(COc3ccc(Cl)cc3)c2)nn1Cc1c(F)cccc1Cl. The third-order valence-electron chi connectivity index (χ3n) is 5.00. The highest BCUT2D eigenvalue weighted by atomic mass is 35.5. The number of nitrogens with zero attached hydrogens (tertiary/aromatic N) is 2. The molecule has 0 saturated heterocycles. The van der Waals surface area contributed by atoms with Gasteiger partial charge in [-0.05, 0) is 61.0 Å². The van der Waals surface area contributed by atoms with Crippen molar-refractivity contribution in [3.05, 3.63) is 111 Å². The van der Waals surface area contributed by atoms with Crippen molar-refractivity contribution in [3.8, 4) is 5.75 Å². The van der Waals surface area contributed by atoms with Crippen molar-refractivity contribution in [2.45, 2.75) is 20.1 Å². The van der Waals surface area contributed by atoms with E-state index in [1.54, 1.807) is 65.3 Å². The monoisotopic (exact) mass is 483 g/mol. The van der Waals surface area contributed by atoms with Crippen LogP contribution in [0.25, 0.3) is 0 Å².